The van der Waals surface area contributed by atoms with Crippen LogP contribution in [0.2, 0.25) is 0 Å². The monoisotopic (exact) mass is 260 g/mol. The summed E-state index contributed by atoms with van der Waals surface area (Å²) in [5.41, 5.74) is 6.31. The fourth-order valence-electron chi connectivity index (χ4n) is 2.56. The van der Waals surface area contributed by atoms with Crippen molar-refractivity contribution in [2.45, 2.75) is 73.6 Å². The second kappa shape index (κ2) is 10.8. The number of hydrogen-bond donors (Lipinski definition) is 0. The van der Waals surface area contributed by atoms with Crippen LogP contribution in [-0.4, -0.2) is 0 Å². The van der Waals surface area contributed by atoms with Gasteiger partial charge in [0.05, 0.1) is 0 Å². The number of hydrogen-bond acceptors (Lipinski definition) is 0. The van der Waals surface area contributed by atoms with E-state index in [1.807, 2.05) is 27.7 Å². The second-order valence-corrected chi connectivity index (χ2v) is 4.40. The Morgan fingerprint density at radius 1 is 0.842 bits per heavy atom. The Hall–Kier alpha value is -1.04. The molecule has 0 heterocycles. The first-order chi connectivity index (χ1) is 9.33. The minimum Gasteiger partial charge on any atom is -0.0839 e. The van der Waals surface area contributed by atoms with E-state index in [9.17, 15) is 0 Å². The zero-order valence-corrected chi connectivity index (χ0v) is 13.8. The average Bonchev–Trinajstić information content (AvgIpc) is 2.52. The van der Waals surface area contributed by atoms with E-state index in [-0.39, 0.29) is 0 Å². The molecule has 0 aliphatic heterocycles. The molecule has 2 aliphatic carbocycles. The Balaban J connectivity index is 0.000000741. The van der Waals surface area contributed by atoms with Crippen LogP contribution >= 0.6 is 0 Å². The molecular formula is C19H32. The summed E-state index contributed by atoms with van der Waals surface area (Å²) in [6.07, 6.45) is 15.3. The SMILES string of the molecule is CC.CC.CCC1=C(C2=C(C)C=CCC2)CCC=C1. The van der Waals surface area contributed by atoms with Crippen molar-refractivity contribution in [3.05, 3.63) is 46.6 Å². The van der Waals surface area contributed by atoms with Gasteiger partial charge in [-0.25, -0.2) is 0 Å². The Labute approximate surface area is 121 Å². The smallest absolute Gasteiger partial charge is 0.0238 e. The molecule has 0 aromatic rings. The second-order valence-electron chi connectivity index (χ2n) is 4.40. The van der Waals surface area contributed by atoms with E-state index in [1.165, 1.54) is 37.7 Å². The van der Waals surface area contributed by atoms with Crippen LogP contribution < -0.4 is 0 Å². The van der Waals surface area contributed by atoms with Gasteiger partial charge < -0.3 is 0 Å². The molecule has 2 aliphatic rings. The van der Waals surface area contributed by atoms with Gasteiger partial charge in [-0.2, -0.15) is 0 Å². The van der Waals surface area contributed by atoms with Crippen LogP contribution in [0.3, 0.4) is 0 Å². The van der Waals surface area contributed by atoms with E-state index in [1.54, 1.807) is 16.7 Å². The molecule has 0 N–H and O–H groups in total. The van der Waals surface area contributed by atoms with Gasteiger partial charge in [-0.3, -0.25) is 0 Å². The average molecular weight is 260 g/mol. The van der Waals surface area contributed by atoms with Gasteiger partial charge in [0.15, 0.2) is 0 Å². The molecule has 0 bridgehead atoms. The van der Waals surface area contributed by atoms with Gasteiger partial charge >= 0.3 is 0 Å². The van der Waals surface area contributed by atoms with Crippen LogP contribution in [0.1, 0.15) is 73.6 Å². The minimum absolute atomic E-state index is 1.17. The van der Waals surface area contributed by atoms with Gasteiger partial charge in [-0.15, -0.1) is 0 Å². The van der Waals surface area contributed by atoms with Gasteiger partial charge in [0.25, 0.3) is 0 Å². The van der Waals surface area contributed by atoms with E-state index >= 15 is 0 Å². The van der Waals surface area contributed by atoms with Crippen molar-refractivity contribution in [2.75, 3.05) is 0 Å². The topological polar surface area (TPSA) is 0 Å². The first-order valence-electron chi connectivity index (χ1n) is 8.08. The van der Waals surface area contributed by atoms with Gasteiger partial charge in [0, 0.05) is 0 Å². The lowest BCUT2D eigenvalue weighted by molar-refractivity contribution is 0.859. The minimum atomic E-state index is 1.17. The molecule has 19 heavy (non-hydrogen) atoms. The van der Waals surface area contributed by atoms with E-state index in [4.69, 9.17) is 0 Å². The highest BCUT2D eigenvalue weighted by Crippen LogP contribution is 2.33. The Bertz CT molecular complexity index is 361. The maximum atomic E-state index is 2.33. The summed E-state index contributed by atoms with van der Waals surface area (Å²) < 4.78 is 0. The predicted molar refractivity (Wildman–Crippen MR) is 89.5 cm³/mol. The molecule has 2 rings (SSSR count). The Kier molecular flexibility index (Phi) is 10.2. The van der Waals surface area contributed by atoms with Crippen molar-refractivity contribution >= 4 is 0 Å². The van der Waals surface area contributed by atoms with E-state index in [0.717, 1.165) is 0 Å². The highest BCUT2D eigenvalue weighted by molar-refractivity contribution is 5.47. The summed E-state index contributed by atoms with van der Waals surface area (Å²) in [5, 5.41) is 0. The molecule has 0 heteroatoms. The molecule has 0 nitrogen and oxygen atoms in total. The zero-order chi connectivity index (χ0) is 14.7. The summed E-state index contributed by atoms with van der Waals surface area (Å²) in [4.78, 5) is 0. The highest BCUT2D eigenvalue weighted by atomic mass is 14.2. The largest absolute Gasteiger partial charge is 0.0839 e. The summed E-state index contributed by atoms with van der Waals surface area (Å²) in [6, 6.07) is 0. The molecule has 108 valence electrons. The Morgan fingerprint density at radius 3 is 1.89 bits per heavy atom. The van der Waals surface area contributed by atoms with E-state index < -0.39 is 0 Å². The summed E-state index contributed by atoms with van der Waals surface area (Å²) in [7, 11) is 0. The lowest BCUT2D eigenvalue weighted by atomic mass is 9.84. The standard InChI is InChI=1S/C15H20.2C2H6/c1-3-13-9-5-7-11-15(13)14-10-6-4-8-12(14)2;2*1-2/h4-5,8-9H,3,6-7,10-11H2,1-2H3;2*1-2H3. The molecule has 0 spiro atoms. The number of rotatable bonds is 2. The van der Waals surface area contributed by atoms with Crippen molar-refractivity contribution in [1.29, 1.82) is 0 Å². The molecule has 0 aromatic heterocycles. The van der Waals surface area contributed by atoms with Crippen molar-refractivity contribution in [2.24, 2.45) is 0 Å². The van der Waals surface area contributed by atoms with Crippen LogP contribution in [0.25, 0.3) is 0 Å². The molecule has 0 amide bonds. The van der Waals surface area contributed by atoms with Gasteiger partial charge in [-0.05, 0) is 61.3 Å². The van der Waals surface area contributed by atoms with Crippen molar-refractivity contribution in [3.63, 3.8) is 0 Å². The maximum Gasteiger partial charge on any atom is -0.0238 e. The van der Waals surface area contributed by atoms with E-state index in [2.05, 4.69) is 38.2 Å². The third kappa shape index (κ3) is 5.22. The zero-order valence-electron chi connectivity index (χ0n) is 13.8. The van der Waals surface area contributed by atoms with Gasteiger partial charge in [0.2, 0.25) is 0 Å². The van der Waals surface area contributed by atoms with Crippen molar-refractivity contribution in [1.82, 2.24) is 0 Å². The summed E-state index contributed by atoms with van der Waals surface area (Å²) >= 11 is 0. The van der Waals surface area contributed by atoms with Gasteiger partial charge in [0.1, 0.15) is 0 Å². The Morgan fingerprint density at radius 2 is 1.37 bits per heavy atom. The van der Waals surface area contributed by atoms with Crippen LogP contribution in [0, 0.1) is 0 Å². The molecule has 0 unspecified atom stereocenters. The molecule has 0 fully saturated rings. The first kappa shape index (κ1) is 18.0. The highest BCUT2D eigenvalue weighted by Gasteiger charge is 2.14. The third-order valence-electron chi connectivity index (χ3n) is 3.42. The van der Waals surface area contributed by atoms with Crippen LogP contribution in [0.15, 0.2) is 46.6 Å². The predicted octanol–water partition coefficient (Wildman–Crippen LogP) is 6.76. The molecule has 0 saturated heterocycles. The summed E-state index contributed by atoms with van der Waals surface area (Å²) in [6.45, 7) is 12.5. The fraction of sp³-hybridized carbons (Fsp3) is 0.579. The lowest BCUT2D eigenvalue weighted by Gasteiger charge is -2.21. The van der Waals surface area contributed by atoms with Crippen molar-refractivity contribution < 1.29 is 0 Å². The van der Waals surface area contributed by atoms with Crippen LogP contribution in [0.4, 0.5) is 0 Å². The van der Waals surface area contributed by atoms with E-state index in [0.29, 0.717) is 0 Å². The first-order valence-corrected chi connectivity index (χ1v) is 8.08. The number of allylic oxidation sites excluding steroid dienone is 8. The molecule has 0 saturated carbocycles. The molecular weight excluding hydrogens is 228 g/mol. The molecule has 0 aromatic carbocycles. The summed E-state index contributed by atoms with van der Waals surface area (Å²) in [5.74, 6) is 0. The molecule has 0 radical (unpaired) electrons. The lowest BCUT2D eigenvalue weighted by Crippen LogP contribution is -2.02. The van der Waals surface area contributed by atoms with Gasteiger partial charge in [-0.1, -0.05) is 58.9 Å². The maximum absolute atomic E-state index is 2.33. The van der Waals surface area contributed by atoms with Crippen molar-refractivity contribution in [3.8, 4) is 0 Å². The molecule has 0 atom stereocenters. The normalized spacial score (nSPS) is 17.6. The van der Waals surface area contributed by atoms with Crippen LogP contribution in [-0.2, 0) is 0 Å². The third-order valence-corrected chi connectivity index (χ3v) is 3.42. The fourth-order valence-corrected chi connectivity index (χ4v) is 2.56. The quantitative estimate of drug-likeness (QED) is 0.514. The van der Waals surface area contributed by atoms with Crippen LogP contribution in [0.5, 0.6) is 0 Å².